The highest BCUT2D eigenvalue weighted by molar-refractivity contribution is 5.89. The van der Waals surface area contributed by atoms with Crippen molar-refractivity contribution in [2.75, 3.05) is 31.1 Å². The third kappa shape index (κ3) is 2.42. The molecule has 0 saturated carbocycles. The van der Waals surface area contributed by atoms with E-state index in [4.69, 9.17) is 4.74 Å². The minimum Gasteiger partial charge on any atom is -0.444 e. The van der Waals surface area contributed by atoms with Crippen LogP contribution in [0.25, 0.3) is 11.0 Å². The van der Waals surface area contributed by atoms with Crippen LogP contribution in [0.15, 0.2) is 24.5 Å². The van der Waals surface area contributed by atoms with Gasteiger partial charge in [-0.25, -0.2) is 9.78 Å². The largest absolute Gasteiger partial charge is 0.444 e. The number of para-hydroxylation sites is 1. The molecule has 0 bridgehead atoms. The summed E-state index contributed by atoms with van der Waals surface area (Å²) >= 11 is 0. The topological polar surface area (TPSA) is 61.5 Å². The van der Waals surface area contributed by atoms with Gasteiger partial charge >= 0.3 is 6.09 Å². The summed E-state index contributed by atoms with van der Waals surface area (Å²) in [5, 5.41) is 0. The maximum atomic E-state index is 12.0. The van der Waals surface area contributed by atoms with Gasteiger partial charge in [-0.2, -0.15) is 0 Å². The number of carbonyl (C=O) groups is 1. The molecule has 3 heterocycles. The molecule has 4 rings (SSSR count). The van der Waals surface area contributed by atoms with Crippen LogP contribution >= 0.6 is 0 Å². The zero-order valence-electron chi connectivity index (χ0n) is 13.8. The average Bonchev–Trinajstić information content (AvgIpc) is 2.81. The number of hydrogen-bond acceptors (Lipinski definition) is 4. The number of rotatable bonds is 1. The van der Waals surface area contributed by atoms with Gasteiger partial charge in [0.1, 0.15) is 11.1 Å². The second kappa shape index (κ2) is 4.63. The molecule has 0 unspecified atom stereocenters. The first-order valence-electron chi connectivity index (χ1n) is 8.00. The zero-order valence-corrected chi connectivity index (χ0v) is 13.8. The molecular formula is C17H22N4O2. The van der Waals surface area contributed by atoms with Crippen molar-refractivity contribution in [1.29, 1.82) is 0 Å². The fourth-order valence-corrected chi connectivity index (χ4v) is 3.56. The molecule has 1 aromatic carbocycles. The summed E-state index contributed by atoms with van der Waals surface area (Å²) in [4.78, 5) is 23.7. The second-order valence-corrected chi connectivity index (χ2v) is 7.77. The van der Waals surface area contributed by atoms with Gasteiger partial charge < -0.3 is 19.5 Å². The van der Waals surface area contributed by atoms with Crippen LogP contribution in [0.1, 0.15) is 20.8 Å². The number of carbonyl (C=O) groups excluding carboxylic acids is 1. The predicted octanol–water partition coefficient (Wildman–Crippen LogP) is 2.62. The van der Waals surface area contributed by atoms with Gasteiger partial charge in [-0.3, -0.25) is 0 Å². The summed E-state index contributed by atoms with van der Waals surface area (Å²) < 4.78 is 5.42. The molecule has 1 N–H and O–H groups in total. The zero-order chi connectivity index (χ0) is 16.2. The molecule has 0 atom stereocenters. The second-order valence-electron chi connectivity index (χ2n) is 7.77. The lowest BCUT2D eigenvalue weighted by Crippen LogP contribution is -2.73. The van der Waals surface area contributed by atoms with Crippen molar-refractivity contribution in [3.63, 3.8) is 0 Å². The Labute approximate surface area is 135 Å². The van der Waals surface area contributed by atoms with E-state index in [0.29, 0.717) is 0 Å². The molecular weight excluding hydrogens is 292 g/mol. The third-order valence-electron chi connectivity index (χ3n) is 4.53. The fraction of sp³-hybridized carbons (Fsp3) is 0.529. The number of ether oxygens (including phenoxy) is 1. The monoisotopic (exact) mass is 314 g/mol. The van der Waals surface area contributed by atoms with Gasteiger partial charge in [0.25, 0.3) is 0 Å². The smallest absolute Gasteiger partial charge is 0.410 e. The van der Waals surface area contributed by atoms with E-state index < -0.39 is 5.60 Å². The number of nitrogens with one attached hydrogen (secondary N) is 1. The van der Waals surface area contributed by atoms with Crippen molar-refractivity contribution in [1.82, 2.24) is 14.9 Å². The van der Waals surface area contributed by atoms with Crippen LogP contribution in [-0.2, 0) is 4.74 Å². The molecule has 1 aromatic heterocycles. The number of fused-ring (bicyclic) bond motifs is 1. The van der Waals surface area contributed by atoms with Crippen LogP contribution in [-0.4, -0.2) is 52.7 Å². The van der Waals surface area contributed by atoms with Gasteiger partial charge in [-0.05, 0) is 32.9 Å². The highest BCUT2D eigenvalue weighted by Gasteiger charge is 2.54. The standard InChI is InChI=1S/C17H22N4O2/c1-16(2,3)23-15(22)21-9-17(10-21)7-20(8-17)13-6-4-5-12-14(13)19-11-18-12/h4-6,11H,7-10H2,1-3H3,(H,18,19). The van der Waals surface area contributed by atoms with E-state index in [0.717, 1.165) is 37.2 Å². The van der Waals surface area contributed by atoms with Crippen LogP contribution < -0.4 is 4.90 Å². The van der Waals surface area contributed by atoms with Gasteiger partial charge in [-0.15, -0.1) is 0 Å². The van der Waals surface area contributed by atoms with Gasteiger partial charge in [0, 0.05) is 31.6 Å². The Morgan fingerprint density at radius 1 is 1.26 bits per heavy atom. The number of likely N-dealkylation sites (tertiary alicyclic amines) is 1. The first-order chi connectivity index (χ1) is 10.9. The van der Waals surface area contributed by atoms with E-state index in [2.05, 4.69) is 27.0 Å². The van der Waals surface area contributed by atoms with E-state index in [1.165, 1.54) is 5.69 Å². The number of amides is 1. The van der Waals surface area contributed by atoms with Gasteiger partial charge in [0.2, 0.25) is 0 Å². The lowest BCUT2D eigenvalue weighted by Gasteiger charge is -2.60. The van der Waals surface area contributed by atoms with Crippen molar-refractivity contribution >= 4 is 22.8 Å². The average molecular weight is 314 g/mol. The Bertz CT molecular complexity index is 747. The Morgan fingerprint density at radius 3 is 2.70 bits per heavy atom. The predicted molar refractivity (Wildman–Crippen MR) is 88.5 cm³/mol. The van der Waals surface area contributed by atoms with E-state index >= 15 is 0 Å². The normalized spacial score (nSPS) is 19.6. The lowest BCUT2D eigenvalue weighted by molar-refractivity contribution is -0.0452. The van der Waals surface area contributed by atoms with Crippen LogP contribution in [0, 0.1) is 5.41 Å². The number of nitrogens with zero attached hydrogens (tertiary/aromatic N) is 3. The number of benzene rings is 1. The number of H-pyrrole nitrogens is 1. The van der Waals surface area contributed by atoms with E-state index in [1.807, 2.05) is 26.8 Å². The van der Waals surface area contributed by atoms with Gasteiger partial charge in [0.05, 0.1) is 17.5 Å². The SMILES string of the molecule is CC(C)(C)OC(=O)N1CC2(C1)CN(c1cccc3[nH]cnc13)C2. The molecule has 2 aromatic rings. The summed E-state index contributed by atoms with van der Waals surface area (Å²) in [5.41, 5.74) is 3.06. The maximum absolute atomic E-state index is 12.0. The van der Waals surface area contributed by atoms with Crippen LogP contribution in [0.2, 0.25) is 0 Å². The molecule has 2 saturated heterocycles. The Balaban J connectivity index is 1.38. The summed E-state index contributed by atoms with van der Waals surface area (Å²) in [6.07, 6.45) is 1.54. The number of aromatic nitrogens is 2. The van der Waals surface area contributed by atoms with Crippen molar-refractivity contribution < 1.29 is 9.53 Å². The molecule has 2 aliphatic heterocycles. The number of hydrogen-bond donors (Lipinski definition) is 1. The maximum Gasteiger partial charge on any atom is 0.410 e. The molecule has 0 aliphatic carbocycles. The lowest BCUT2D eigenvalue weighted by atomic mass is 9.73. The third-order valence-corrected chi connectivity index (χ3v) is 4.53. The highest BCUT2D eigenvalue weighted by Crippen LogP contribution is 2.43. The minimum absolute atomic E-state index is 0.198. The summed E-state index contributed by atoms with van der Waals surface area (Å²) in [5.74, 6) is 0. The van der Waals surface area contributed by atoms with E-state index in [1.54, 1.807) is 11.2 Å². The number of aromatic amines is 1. The first kappa shape index (κ1) is 14.4. The molecule has 122 valence electrons. The van der Waals surface area contributed by atoms with Crippen molar-refractivity contribution in [3.8, 4) is 0 Å². The quantitative estimate of drug-likeness (QED) is 0.879. The molecule has 6 heteroatoms. The molecule has 1 amide bonds. The van der Waals surface area contributed by atoms with E-state index in [-0.39, 0.29) is 11.5 Å². The van der Waals surface area contributed by atoms with Crippen molar-refractivity contribution in [3.05, 3.63) is 24.5 Å². The van der Waals surface area contributed by atoms with Gasteiger partial charge in [-0.1, -0.05) is 6.07 Å². The Morgan fingerprint density at radius 2 is 2.00 bits per heavy atom. The molecule has 0 radical (unpaired) electrons. The summed E-state index contributed by atoms with van der Waals surface area (Å²) in [7, 11) is 0. The molecule has 6 nitrogen and oxygen atoms in total. The van der Waals surface area contributed by atoms with Crippen molar-refractivity contribution in [2.45, 2.75) is 26.4 Å². The fourth-order valence-electron chi connectivity index (χ4n) is 3.56. The highest BCUT2D eigenvalue weighted by atomic mass is 16.6. The molecule has 1 spiro atoms. The Hall–Kier alpha value is -2.24. The van der Waals surface area contributed by atoms with Crippen LogP contribution in [0.4, 0.5) is 10.5 Å². The van der Waals surface area contributed by atoms with Crippen LogP contribution in [0.5, 0.6) is 0 Å². The van der Waals surface area contributed by atoms with Crippen LogP contribution in [0.3, 0.4) is 0 Å². The van der Waals surface area contributed by atoms with Gasteiger partial charge in [0.15, 0.2) is 0 Å². The molecule has 23 heavy (non-hydrogen) atoms. The number of anilines is 1. The first-order valence-corrected chi connectivity index (χ1v) is 8.00. The van der Waals surface area contributed by atoms with E-state index in [9.17, 15) is 4.79 Å². The van der Waals surface area contributed by atoms with Crippen molar-refractivity contribution in [2.24, 2.45) is 5.41 Å². The summed E-state index contributed by atoms with van der Waals surface area (Å²) in [6, 6.07) is 6.20. The summed E-state index contributed by atoms with van der Waals surface area (Å²) in [6.45, 7) is 9.21. The number of imidazole rings is 1. The minimum atomic E-state index is -0.429. The molecule has 2 fully saturated rings. The molecule has 2 aliphatic rings. The Kier molecular flexibility index (Phi) is 2.89.